The first kappa shape index (κ1) is 30.4. The molecular weight excluding hydrogens is 542 g/mol. The third kappa shape index (κ3) is 7.60. The van der Waals surface area contributed by atoms with Gasteiger partial charge < -0.3 is 29.5 Å². The van der Waals surface area contributed by atoms with Crippen LogP contribution in [0.15, 0.2) is 48.5 Å². The van der Waals surface area contributed by atoms with Crippen LogP contribution in [-0.4, -0.2) is 103 Å². The quantitative estimate of drug-likeness (QED) is 0.300. The van der Waals surface area contributed by atoms with E-state index in [1.54, 1.807) is 62.6 Å². The van der Waals surface area contributed by atoms with Crippen molar-refractivity contribution in [3.8, 4) is 5.75 Å². The van der Waals surface area contributed by atoms with Crippen LogP contribution >= 0.6 is 12.2 Å². The number of ether oxygens (including phenoxy) is 2. The van der Waals surface area contributed by atoms with Crippen molar-refractivity contribution in [2.24, 2.45) is 0 Å². The van der Waals surface area contributed by atoms with Gasteiger partial charge in [-0.2, -0.15) is 0 Å². The lowest BCUT2D eigenvalue weighted by Gasteiger charge is -2.34. The summed E-state index contributed by atoms with van der Waals surface area (Å²) in [6.07, 6.45) is 0.768. The van der Waals surface area contributed by atoms with Crippen molar-refractivity contribution < 1.29 is 23.9 Å². The normalized spacial score (nSPS) is 18.1. The van der Waals surface area contributed by atoms with Crippen molar-refractivity contribution in [3.05, 3.63) is 54.1 Å². The molecule has 1 N–H and O–H groups in total. The zero-order valence-corrected chi connectivity index (χ0v) is 24.8. The van der Waals surface area contributed by atoms with Gasteiger partial charge in [0, 0.05) is 38.4 Å². The summed E-state index contributed by atoms with van der Waals surface area (Å²) in [5.41, 5.74) is 1.57. The van der Waals surface area contributed by atoms with E-state index in [0.717, 1.165) is 45.7 Å². The number of esters is 1. The highest BCUT2D eigenvalue weighted by Crippen LogP contribution is 2.29. The number of rotatable bonds is 12. The highest BCUT2D eigenvalue weighted by molar-refractivity contribution is 7.80. The monoisotopic (exact) mass is 581 g/mol. The fourth-order valence-corrected chi connectivity index (χ4v) is 5.56. The molecule has 2 aliphatic rings. The SMILES string of the molecule is CCOC(=O)c1ccc(NC(=O)C[C@@H]2C(=O)N(c3ccc(OC)cc3)C(=S)N2CCCN2CCN(CC)CC2)cc1. The Morgan fingerprint density at radius 1 is 0.951 bits per heavy atom. The zero-order valence-electron chi connectivity index (χ0n) is 24.0. The summed E-state index contributed by atoms with van der Waals surface area (Å²) in [6, 6.07) is 12.9. The van der Waals surface area contributed by atoms with E-state index in [1.165, 1.54) is 4.90 Å². The average molecular weight is 582 g/mol. The minimum Gasteiger partial charge on any atom is -0.497 e. The first-order chi connectivity index (χ1) is 19.8. The molecule has 2 saturated heterocycles. The van der Waals surface area contributed by atoms with Crippen LogP contribution < -0.4 is 15.0 Å². The summed E-state index contributed by atoms with van der Waals surface area (Å²) in [5.74, 6) is -0.287. The number of carbonyl (C=O) groups excluding carboxylic acids is 3. The Balaban J connectivity index is 1.44. The van der Waals surface area contributed by atoms with Crippen molar-refractivity contribution in [1.82, 2.24) is 14.7 Å². The van der Waals surface area contributed by atoms with Crippen LogP contribution in [0, 0.1) is 0 Å². The van der Waals surface area contributed by atoms with E-state index in [-0.39, 0.29) is 24.8 Å². The molecule has 2 amide bonds. The molecule has 0 spiro atoms. The molecule has 0 aliphatic carbocycles. The van der Waals surface area contributed by atoms with Crippen LogP contribution in [-0.2, 0) is 14.3 Å². The number of anilines is 2. The molecule has 4 rings (SSSR count). The lowest BCUT2D eigenvalue weighted by atomic mass is 10.1. The molecule has 1 atom stereocenters. The maximum atomic E-state index is 13.7. The number of likely N-dealkylation sites (N-methyl/N-ethyl adjacent to an activating group) is 1. The van der Waals surface area contributed by atoms with Crippen LogP contribution in [0.5, 0.6) is 5.75 Å². The topological polar surface area (TPSA) is 94.7 Å². The molecule has 2 aliphatic heterocycles. The maximum Gasteiger partial charge on any atom is 0.338 e. The Labute approximate surface area is 247 Å². The smallest absolute Gasteiger partial charge is 0.338 e. The van der Waals surface area contributed by atoms with Gasteiger partial charge in [-0.15, -0.1) is 0 Å². The van der Waals surface area contributed by atoms with E-state index >= 15 is 0 Å². The van der Waals surface area contributed by atoms with E-state index < -0.39 is 12.0 Å². The summed E-state index contributed by atoms with van der Waals surface area (Å²) in [5, 5.41) is 3.24. The van der Waals surface area contributed by atoms with Gasteiger partial charge in [0.25, 0.3) is 5.91 Å². The van der Waals surface area contributed by atoms with Crippen LogP contribution in [0.25, 0.3) is 0 Å². The van der Waals surface area contributed by atoms with Crippen LogP contribution in [0.1, 0.15) is 37.0 Å². The van der Waals surface area contributed by atoms with Gasteiger partial charge in [-0.3, -0.25) is 14.5 Å². The second kappa shape index (κ2) is 14.4. The molecule has 220 valence electrons. The van der Waals surface area contributed by atoms with E-state index in [9.17, 15) is 14.4 Å². The Bertz CT molecular complexity index is 1210. The van der Waals surface area contributed by atoms with Crippen molar-refractivity contribution in [2.75, 3.05) is 69.7 Å². The number of nitrogens with one attached hydrogen (secondary N) is 1. The average Bonchev–Trinajstić information content (AvgIpc) is 3.21. The number of thiocarbonyl (C=S) groups is 1. The number of amides is 2. The summed E-state index contributed by atoms with van der Waals surface area (Å²) in [4.78, 5) is 47.0. The molecule has 0 unspecified atom stereocenters. The minimum atomic E-state index is -0.722. The molecule has 2 heterocycles. The lowest BCUT2D eigenvalue weighted by Crippen LogP contribution is -2.47. The Hall–Kier alpha value is -3.54. The fraction of sp³-hybridized carbons (Fsp3) is 0.467. The summed E-state index contributed by atoms with van der Waals surface area (Å²) in [6.45, 7) is 10.9. The van der Waals surface area contributed by atoms with Gasteiger partial charge in [-0.25, -0.2) is 4.79 Å². The van der Waals surface area contributed by atoms with Crippen LogP contribution in [0.3, 0.4) is 0 Å². The Morgan fingerprint density at radius 3 is 2.22 bits per heavy atom. The van der Waals surface area contributed by atoms with Gasteiger partial charge in [0.2, 0.25) is 5.91 Å². The van der Waals surface area contributed by atoms with Crippen molar-refractivity contribution >= 4 is 46.5 Å². The molecule has 11 heteroatoms. The maximum absolute atomic E-state index is 13.7. The molecule has 2 fully saturated rings. The number of hydrogen-bond donors (Lipinski definition) is 1. The Morgan fingerprint density at radius 2 is 1.61 bits per heavy atom. The van der Waals surface area contributed by atoms with Gasteiger partial charge in [-0.05, 0) is 87.2 Å². The van der Waals surface area contributed by atoms with E-state index in [2.05, 4.69) is 22.0 Å². The van der Waals surface area contributed by atoms with Gasteiger partial charge in [0.05, 0.1) is 31.4 Å². The summed E-state index contributed by atoms with van der Waals surface area (Å²) >= 11 is 5.81. The number of carbonyl (C=O) groups is 3. The molecule has 10 nitrogen and oxygen atoms in total. The summed E-state index contributed by atoms with van der Waals surface area (Å²) in [7, 11) is 1.59. The van der Waals surface area contributed by atoms with Crippen molar-refractivity contribution in [2.45, 2.75) is 32.7 Å². The molecule has 0 aromatic heterocycles. The van der Waals surface area contributed by atoms with E-state index in [4.69, 9.17) is 21.7 Å². The predicted molar refractivity (Wildman–Crippen MR) is 162 cm³/mol. The highest BCUT2D eigenvalue weighted by Gasteiger charge is 2.44. The number of benzene rings is 2. The van der Waals surface area contributed by atoms with Gasteiger partial charge in [0.1, 0.15) is 11.8 Å². The minimum absolute atomic E-state index is 0.0551. The molecule has 2 aromatic rings. The first-order valence-electron chi connectivity index (χ1n) is 14.1. The fourth-order valence-electron chi connectivity index (χ4n) is 5.14. The number of nitrogens with zero attached hydrogens (tertiary/aromatic N) is 4. The van der Waals surface area contributed by atoms with Gasteiger partial charge >= 0.3 is 5.97 Å². The standard InChI is InChI=1S/C30H39N5O5S/c1-4-32-17-19-33(20-18-32)15-6-16-34-26(28(37)35(30(34)41)24-11-13-25(39-3)14-12-24)21-27(36)31-23-9-7-22(8-10-23)29(38)40-5-2/h7-14,26H,4-6,15-21H2,1-3H3,(H,31,36)/t26-/m1/s1. The third-order valence-electron chi connectivity index (χ3n) is 7.49. The predicted octanol–water partition coefficient (Wildman–Crippen LogP) is 3.23. The zero-order chi connectivity index (χ0) is 29.4. The second-order valence-electron chi connectivity index (χ2n) is 10.0. The largest absolute Gasteiger partial charge is 0.497 e. The third-order valence-corrected chi connectivity index (χ3v) is 7.91. The van der Waals surface area contributed by atoms with E-state index in [1.807, 2.05) is 4.90 Å². The highest BCUT2D eigenvalue weighted by atomic mass is 32.1. The first-order valence-corrected chi connectivity index (χ1v) is 14.6. The molecule has 41 heavy (non-hydrogen) atoms. The Kier molecular flexibility index (Phi) is 10.7. The molecular formula is C30H39N5O5S. The number of methoxy groups -OCH3 is 1. The molecule has 2 aromatic carbocycles. The second-order valence-corrected chi connectivity index (χ2v) is 10.4. The molecule has 0 radical (unpaired) electrons. The van der Waals surface area contributed by atoms with Gasteiger partial charge in [0.15, 0.2) is 5.11 Å². The molecule has 0 bridgehead atoms. The van der Waals surface area contributed by atoms with Crippen molar-refractivity contribution in [3.63, 3.8) is 0 Å². The van der Waals surface area contributed by atoms with Gasteiger partial charge in [-0.1, -0.05) is 6.92 Å². The number of piperazine rings is 1. The lowest BCUT2D eigenvalue weighted by molar-refractivity contribution is -0.124. The van der Waals surface area contributed by atoms with E-state index in [0.29, 0.717) is 34.3 Å². The summed E-state index contributed by atoms with van der Waals surface area (Å²) < 4.78 is 10.3. The van der Waals surface area contributed by atoms with Crippen LogP contribution in [0.4, 0.5) is 11.4 Å². The number of hydrogen-bond acceptors (Lipinski definition) is 8. The van der Waals surface area contributed by atoms with Crippen molar-refractivity contribution in [1.29, 1.82) is 0 Å². The molecule has 0 saturated carbocycles. The van der Waals surface area contributed by atoms with Crippen LogP contribution in [0.2, 0.25) is 0 Å².